The van der Waals surface area contributed by atoms with Crippen LogP contribution in [0, 0.1) is 5.92 Å². The number of nitrogens with zero attached hydrogens (tertiary/aromatic N) is 1. The lowest BCUT2D eigenvalue weighted by Gasteiger charge is -2.30. The lowest BCUT2D eigenvalue weighted by Crippen LogP contribution is -2.38. The average molecular weight is 376 g/mol. The van der Waals surface area contributed by atoms with Crippen LogP contribution in [0.1, 0.15) is 51.1 Å². The smallest absolute Gasteiger partial charge is 0.315 e. The molecule has 0 spiro atoms. The van der Waals surface area contributed by atoms with E-state index < -0.39 is 0 Å². The van der Waals surface area contributed by atoms with Crippen LogP contribution in [0.15, 0.2) is 18.2 Å². The van der Waals surface area contributed by atoms with Gasteiger partial charge < -0.3 is 25.0 Å². The summed E-state index contributed by atoms with van der Waals surface area (Å²) in [6, 6.07) is 5.61. The first-order valence-electron chi connectivity index (χ1n) is 10.3. The predicted molar refractivity (Wildman–Crippen MR) is 106 cm³/mol. The van der Waals surface area contributed by atoms with Crippen LogP contribution < -0.4 is 20.1 Å². The summed E-state index contributed by atoms with van der Waals surface area (Å²) in [6.07, 6.45) is 4.78. The van der Waals surface area contributed by atoms with Crippen LogP contribution in [0.5, 0.6) is 11.5 Å². The van der Waals surface area contributed by atoms with Gasteiger partial charge in [-0.15, -0.1) is 0 Å². The molecule has 1 aromatic carbocycles. The van der Waals surface area contributed by atoms with Gasteiger partial charge in [-0.1, -0.05) is 13.0 Å². The van der Waals surface area contributed by atoms with Gasteiger partial charge in [-0.3, -0.25) is 0 Å². The molecule has 1 fully saturated rings. The summed E-state index contributed by atoms with van der Waals surface area (Å²) in [5.41, 5.74) is 1.01. The van der Waals surface area contributed by atoms with E-state index in [0.29, 0.717) is 19.8 Å². The van der Waals surface area contributed by atoms with E-state index in [9.17, 15) is 4.79 Å². The molecular weight excluding hydrogens is 342 g/mol. The van der Waals surface area contributed by atoms with E-state index in [1.165, 1.54) is 25.9 Å². The zero-order chi connectivity index (χ0) is 19.1. The average Bonchev–Trinajstić information content (AvgIpc) is 2.68. The molecule has 2 aliphatic rings. The van der Waals surface area contributed by atoms with Crippen molar-refractivity contribution in [3.63, 3.8) is 0 Å². The number of urea groups is 1. The lowest BCUT2D eigenvalue weighted by molar-refractivity contribution is 0.171. The van der Waals surface area contributed by atoms with Gasteiger partial charge in [0, 0.05) is 6.54 Å². The molecule has 0 aliphatic carbocycles. The van der Waals surface area contributed by atoms with E-state index in [-0.39, 0.29) is 12.1 Å². The molecule has 2 amide bonds. The SMILES string of the molecule is CC1CCN(CCCCNC(=O)NC(C)c2ccc3c(c2)OCCO3)CC1. The van der Waals surface area contributed by atoms with Crippen molar-refractivity contribution in [1.82, 2.24) is 15.5 Å². The van der Waals surface area contributed by atoms with Crippen LogP contribution >= 0.6 is 0 Å². The number of hydrogen-bond acceptors (Lipinski definition) is 4. The van der Waals surface area contributed by atoms with Crippen molar-refractivity contribution < 1.29 is 14.3 Å². The van der Waals surface area contributed by atoms with Crippen LogP contribution in [-0.4, -0.2) is 50.3 Å². The number of carbonyl (C=O) groups excluding carboxylic acids is 1. The largest absolute Gasteiger partial charge is 0.486 e. The Morgan fingerprint density at radius 2 is 1.93 bits per heavy atom. The minimum atomic E-state index is -0.121. The second-order valence-corrected chi connectivity index (χ2v) is 7.76. The quantitative estimate of drug-likeness (QED) is 0.718. The third-order valence-corrected chi connectivity index (χ3v) is 5.48. The summed E-state index contributed by atoms with van der Waals surface area (Å²) in [7, 11) is 0. The topological polar surface area (TPSA) is 62.8 Å². The van der Waals surface area contributed by atoms with Gasteiger partial charge in [0.05, 0.1) is 6.04 Å². The second kappa shape index (κ2) is 9.83. The fraction of sp³-hybridized carbons (Fsp3) is 0.667. The maximum atomic E-state index is 12.1. The first-order chi connectivity index (χ1) is 13.1. The molecular formula is C21H33N3O3. The number of piperidine rings is 1. The summed E-state index contributed by atoms with van der Waals surface area (Å²) >= 11 is 0. The minimum absolute atomic E-state index is 0.0869. The molecule has 1 unspecified atom stereocenters. The molecule has 1 atom stereocenters. The molecule has 6 nitrogen and oxygen atoms in total. The highest BCUT2D eigenvalue weighted by Gasteiger charge is 2.16. The van der Waals surface area contributed by atoms with Gasteiger partial charge in [0.15, 0.2) is 11.5 Å². The molecule has 150 valence electrons. The van der Waals surface area contributed by atoms with E-state index in [4.69, 9.17) is 9.47 Å². The fourth-order valence-corrected chi connectivity index (χ4v) is 3.61. The summed E-state index contributed by atoms with van der Waals surface area (Å²) in [6.45, 7) is 9.76. The molecule has 27 heavy (non-hydrogen) atoms. The zero-order valence-corrected chi connectivity index (χ0v) is 16.6. The Morgan fingerprint density at radius 1 is 1.19 bits per heavy atom. The van der Waals surface area contributed by atoms with Gasteiger partial charge >= 0.3 is 6.03 Å². The summed E-state index contributed by atoms with van der Waals surface area (Å²) in [4.78, 5) is 14.7. The number of amides is 2. The third-order valence-electron chi connectivity index (χ3n) is 5.48. The Labute approximate surface area is 162 Å². The molecule has 0 bridgehead atoms. The molecule has 2 aliphatic heterocycles. The normalized spacial score (nSPS) is 18.7. The fourth-order valence-electron chi connectivity index (χ4n) is 3.61. The molecule has 3 rings (SSSR count). The molecule has 1 saturated heterocycles. The molecule has 0 saturated carbocycles. The molecule has 2 N–H and O–H groups in total. The third kappa shape index (κ3) is 6.03. The van der Waals surface area contributed by atoms with Gasteiger partial charge in [0.2, 0.25) is 0 Å². The second-order valence-electron chi connectivity index (χ2n) is 7.76. The zero-order valence-electron chi connectivity index (χ0n) is 16.6. The lowest BCUT2D eigenvalue weighted by atomic mass is 9.99. The van der Waals surface area contributed by atoms with Gasteiger partial charge in [-0.05, 0) is 75.9 Å². The van der Waals surface area contributed by atoms with Gasteiger partial charge in [-0.2, -0.15) is 0 Å². The van der Waals surface area contributed by atoms with Crippen molar-refractivity contribution >= 4 is 6.03 Å². The Hall–Kier alpha value is -1.95. The number of ether oxygens (including phenoxy) is 2. The van der Waals surface area contributed by atoms with E-state index in [1.54, 1.807) is 0 Å². The number of unbranched alkanes of at least 4 members (excludes halogenated alkanes) is 1. The van der Waals surface area contributed by atoms with Crippen LogP contribution in [0.2, 0.25) is 0 Å². The summed E-state index contributed by atoms with van der Waals surface area (Å²) in [5.74, 6) is 2.40. The van der Waals surface area contributed by atoms with Crippen molar-refractivity contribution in [3.05, 3.63) is 23.8 Å². The molecule has 2 heterocycles. The monoisotopic (exact) mass is 375 g/mol. The number of benzene rings is 1. The Balaban J connectivity index is 1.32. The number of rotatable bonds is 7. The number of carbonyl (C=O) groups is 1. The molecule has 1 aromatic rings. The van der Waals surface area contributed by atoms with Crippen LogP contribution in [0.3, 0.4) is 0 Å². The van der Waals surface area contributed by atoms with Crippen molar-refractivity contribution in [2.45, 2.75) is 45.6 Å². The van der Waals surface area contributed by atoms with Crippen LogP contribution in [-0.2, 0) is 0 Å². The van der Waals surface area contributed by atoms with Gasteiger partial charge in [0.1, 0.15) is 13.2 Å². The number of hydrogen-bond donors (Lipinski definition) is 2. The van der Waals surface area contributed by atoms with E-state index in [2.05, 4.69) is 22.5 Å². The first kappa shape index (κ1) is 19.8. The molecule has 0 radical (unpaired) electrons. The van der Waals surface area contributed by atoms with Crippen LogP contribution in [0.4, 0.5) is 4.79 Å². The van der Waals surface area contributed by atoms with Gasteiger partial charge in [0.25, 0.3) is 0 Å². The van der Waals surface area contributed by atoms with Crippen molar-refractivity contribution in [3.8, 4) is 11.5 Å². The Bertz CT molecular complexity index is 615. The molecule has 6 heteroatoms. The highest BCUT2D eigenvalue weighted by Crippen LogP contribution is 2.32. The van der Waals surface area contributed by atoms with Crippen LogP contribution in [0.25, 0.3) is 0 Å². The summed E-state index contributed by atoms with van der Waals surface area (Å²) in [5, 5.41) is 5.96. The number of likely N-dealkylation sites (tertiary alicyclic amines) is 1. The Kier molecular flexibility index (Phi) is 7.21. The van der Waals surface area contributed by atoms with E-state index in [0.717, 1.165) is 42.4 Å². The standard InChI is InChI=1S/C21H33N3O3/c1-16-7-11-24(12-8-16)10-4-3-9-22-21(25)23-17(2)18-5-6-19-20(15-18)27-14-13-26-19/h5-6,15-17H,3-4,7-14H2,1-2H3,(H2,22,23,25). The highest BCUT2D eigenvalue weighted by molar-refractivity contribution is 5.74. The minimum Gasteiger partial charge on any atom is -0.486 e. The number of nitrogens with one attached hydrogen (secondary N) is 2. The van der Waals surface area contributed by atoms with Crippen molar-refractivity contribution in [1.29, 1.82) is 0 Å². The maximum Gasteiger partial charge on any atom is 0.315 e. The van der Waals surface area contributed by atoms with E-state index in [1.807, 2.05) is 25.1 Å². The predicted octanol–water partition coefficient (Wildman–Crippen LogP) is 3.33. The van der Waals surface area contributed by atoms with Crippen molar-refractivity contribution in [2.75, 3.05) is 39.4 Å². The van der Waals surface area contributed by atoms with E-state index >= 15 is 0 Å². The highest BCUT2D eigenvalue weighted by atomic mass is 16.6. The summed E-state index contributed by atoms with van der Waals surface area (Å²) < 4.78 is 11.1. The van der Waals surface area contributed by atoms with Gasteiger partial charge in [-0.25, -0.2) is 4.79 Å². The Morgan fingerprint density at radius 3 is 2.70 bits per heavy atom. The molecule has 0 aromatic heterocycles. The maximum absolute atomic E-state index is 12.1. The first-order valence-corrected chi connectivity index (χ1v) is 10.3. The van der Waals surface area contributed by atoms with Crippen molar-refractivity contribution in [2.24, 2.45) is 5.92 Å². The number of fused-ring (bicyclic) bond motifs is 1.